The highest BCUT2D eigenvalue weighted by Gasteiger charge is 2.22. The van der Waals surface area contributed by atoms with Gasteiger partial charge >= 0.3 is 0 Å². The number of halogens is 2. The minimum Gasteiger partial charge on any atom is -0.283 e. The van der Waals surface area contributed by atoms with Crippen molar-refractivity contribution < 1.29 is 0 Å². The van der Waals surface area contributed by atoms with Crippen LogP contribution in [-0.2, 0) is 25.1 Å². The van der Waals surface area contributed by atoms with Crippen LogP contribution in [0.2, 0.25) is 10.0 Å². The number of hydrogen-bond acceptors (Lipinski definition) is 4. The second-order valence-electron chi connectivity index (χ2n) is 7.16. The maximum Gasteiger partial charge on any atom is 0.263 e. The Balaban J connectivity index is 1.77. The fraction of sp³-hybridized carbons (Fsp3) is 0.333. The van der Waals surface area contributed by atoms with Crippen LogP contribution in [0.25, 0.3) is 10.2 Å². The smallest absolute Gasteiger partial charge is 0.263 e. The van der Waals surface area contributed by atoms with Gasteiger partial charge in [0.25, 0.3) is 5.56 Å². The fourth-order valence-electron chi connectivity index (χ4n) is 3.52. The van der Waals surface area contributed by atoms with Crippen LogP contribution in [0.1, 0.15) is 35.8 Å². The zero-order chi connectivity index (χ0) is 19.8. The summed E-state index contributed by atoms with van der Waals surface area (Å²) in [5, 5.41) is 2.77. The van der Waals surface area contributed by atoms with Crippen molar-refractivity contribution in [1.82, 2.24) is 9.55 Å². The maximum atomic E-state index is 13.4. The van der Waals surface area contributed by atoms with Crippen molar-refractivity contribution in [1.29, 1.82) is 0 Å². The zero-order valence-corrected chi connectivity index (χ0v) is 18.7. The van der Waals surface area contributed by atoms with Gasteiger partial charge in [-0.2, -0.15) is 0 Å². The zero-order valence-electron chi connectivity index (χ0n) is 15.6. The third-order valence-corrected chi connectivity index (χ3v) is 7.64. The van der Waals surface area contributed by atoms with Gasteiger partial charge in [0.05, 0.1) is 5.39 Å². The van der Waals surface area contributed by atoms with Gasteiger partial charge in [0, 0.05) is 27.2 Å². The maximum absolute atomic E-state index is 13.4. The van der Waals surface area contributed by atoms with Crippen LogP contribution < -0.4 is 5.56 Å². The van der Waals surface area contributed by atoms with Crippen LogP contribution in [0.5, 0.6) is 0 Å². The van der Waals surface area contributed by atoms with E-state index in [1.54, 1.807) is 22.0 Å². The predicted octanol–water partition coefficient (Wildman–Crippen LogP) is 6.51. The first kappa shape index (κ1) is 20.0. The number of allylic oxidation sites excluding steroid dienone is 1. The van der Waals surface area contributed by atoms with E-state index in [1.807, 2.05) is 19.1 Å². The van der Waals surface area contributed by atoms with Crippen LogP contribution in [0, 0.1) is 0 Å². The molecular weight excluding hydrogens is 431 g/mol. The van der Waals surface area contributed by atoms with Gasteiger partial charge in [-0.25, -0.2) is 4.98 Å². The molecule has 146 valence electrons. The molecule has 0 saturated carbocycles. The molecule has 1 aliphatic rings. The van der Waals surface area contributed by atoms with E-state index >= 15 is 0 Å². The van der Waals surface area contributed by atoms with Gasteiger partial charge in [0.15, 0.2) is 5.16 Å². The summed E-state index contributed by atoms with van der Waals surface area (Å²) in [6.07, 6.45) is 4.37. The number of nitrogens with zero attached hydrogens (tertiary/aromatic N) is 2. The molecule has 2 heterocycles. The van der Waals surface area contributed by atoms with Crippen molar-refractivity contribution in [2.45, 2.75) is 50.1 Å². The number of aryl methyl sites for hydroxylation is 2. The van der Waals surface area contributed by atoms with Gasteiger partial charge in [-0.05, 0) is 55.9 Å². The Morgan fingerprint density at radius 3 is 2.86 bits per heavy atom. The lowest BCUT2D eigenvalue weighted by atomic mass is 9.97. The molecule has 0 spiro atoms. The minimum atomic E-state index is 0.0529. The Hall–Kier alpha value is -1.27. The first-order valence-electron chi connectivity index (χ1n) is 9.20. The third-order valence-electron chi connectivity index (χ3n) is 4.84. The van der Waals surface area contributed by atoms with Crippen LogP contribution in [0.3, 0.4) is 0 Å². The molecule has 3 aromatic rings. The van der Waals surface area contributed by atoms with E-state index in [0.29, 0.717) is 27.5 Å². The Morgan fingerprint density at radius 1 is 1.32 bits per heavy atom. The lowest BCUT2D eigenvalue weighted by molar-refractivity contribution is 0.649. The molecule has 0 fully saturated rings. The molecule has 0 N–H and O–H groups in total. The summed E-state index contributed by atoms with van der Waals surface area (Å²) in [6.45, 7) is 6.41. The summed E-state index contributed by atoms with van der Waals surface area (Å²) in [4.78, 5) is 20.5. The highest BCUT2D eigenvalue weighted by molar-refractivity contribution is 7.98. The van der Waals surface area contributed by atoms with Gasteiger partial charge in [0.2, 0.25) is 0 Å². The molecule has 0 radical (unpaired) electrons. The monoisotopic (exact) mass is 450 g/mol. The highest BCUT2D eigenvalue weighted by atomic mass is 35.5. The number of thioether (sulfide) groups is 1. The second-order valence-corrected chi connectivity index (χ2v) is 10.0. The van der Waals surface area contributed by atoms with E-state index in [9.17, 15) is 4.79 Å². The molecule has 0 atom stereocenters. The van der Waals surface area contributed by atoms with Gasteiger partial charge in [-0.15, -0.1) is 11.3 Å². The molecule has 4 rings (SSSR count). The van der Waals surface area contributed by atoms with E-state index in [2.05, 4.69) is 6.58 Å². The van der Waals surface area contributed by atoms with Crippen molar-refractivity contribution in [2.24, 2.45) is 0 Å². The van der Waals surface area contributed by atoms with Crippen molar-refractivity contribution in [3.05, 3.63) is 66.8 Å². The number of aromatic nitrogens is 2. The molecule has 3 nitrogen and oxygen atoms in total. The van der Waals surface area contributed by atoms with Crippen LogP contribution >= 0.6 is 46.3 Å². The molecule has 2 aromatic heterocycles. The van der Waals surface area contributed by atoms with Crippen LogP contribution in [0.4, 0.5) is 0 Å². The summed E-state index contributed by atoms with van der Waals surface area (Å²) >= 11 is 15.5. The van der Waals surface area contributed by atoms with E-state index in [-0.39, 0.29) is 5.56 Å². The van der Waals surface area contributed by atoms with Gasteiger partial charge in [-0.1, -0.05) is 53.2 Å². The van der Waals surface area contributed by atoms with Gasteiger partial charge in [-0.3, -0.25) is 9.36 Å². The van der Waals surface area contributed by atoms with E-state index in [1.165, 1.54) is 28.6 Å². The summed E-state index contributed by atoms with van der Waals surface area (Å²) in [5.74, 6) is 0.620. The second kappa shape index (κ2) is 8.23. The number of rotatable bonds is 5. The lowest BCUT2D eigenvalue weighted by Gasteiger charge is -2.14. The average molecular weight is 451 g/mol. The molecule has 0 saturated heterocycles. The average Bonchev–Trinajstić information content (AvgIpc) is 3.02. The SMILES string of the molecule is C=C(C)Cn1c(SCc2ccc(Cl)cc2Cl)nc2sc3c(c2c1=O)CCCC3. The molecule has 7 heteroatoms. The molecule has 28 heavy (non-hydrogen) atoms. The van der Waals surface area contributed by atoms with E-state index in [0.717, 1.165) is 40.6 Å². The summed E-state index contributed by atoms with van der Waals surface area (Å²) in [7, 11) is 0. The molecule has 0 unspecified atom stereocenters. The molecule has 0 bridgehead atoms. The topological polar surface area (TPSA) is 34.9 Å². The van der Waals surface area contributed by atoms with Crippen LogP contribution in [0.15, 0.2) is 40.3 Å². The predicted molar refractivity (Wildman–Crippen MR) is 121 cm³/mol. The van der Waals surface area contributed by atoms with Crippen molar-refractivity contribution in [3.8, 4) is 0 Å². The lowest BCUT2D eigenvalue weighted by Crippen LogP contribution is -2.24. The molecule has 1 aromatic carbocycles. The Kier molecular flexibility index (Phi) is 5.88. The first-order chi connectivity index (χ1) is 13.4. The number of thiophene rings is 1. The third kappa shape index (κ3) is 3.90. The molecule has 0 aliphatic heterocycles. The Labute approximate surface area is 182 Å². The molecule has 1 aliphatic carbocycles. The minimum absolute atomic E-state index is 0.0529. The number of benzene rings is 1. The standard InChI is InChI=1S/C21H20Cl2N2OS2/c1-12(2)10-25-20(26)18-15-5-3-4-6-17(15)28-19(18)24-21(25)27-11-13-7-8-14(22)9-16(13)23/h7-9H,1,3-6,10-11H2,2H3. The van der Waals surface area contributed by atoms with Crippen molar-refractivity contribution >= 4 is 56.5 Å². The van der Waals surface area contributed by atoms with Crippen molar-refractivity contribution in [2.75, 3.05) is 0 Å². The van der Waals surface area contributed by atoms with Gasteiger partial charge in [0.1, 0.15) is 4.83 Å². The molecular formula is C21H20Cl2N2OS2. The number of fused-ring (bicyclic) bond motifs is 3. The molecule has 0 amide bonds. The number of hydrogen-bond donors (Lipinski definition) is 0. The first-order valence-corrected chi connectivity index (χ1v) is 11.8. The van der Waals surface area contributed by atoms with E-state index < -0.39 is 0 Å². The van der Waals surface area contributed by atoms with Crippen molar-refractivity contribution in [3.63, 3.8) is 0 Å². The quantitative estimate of drug-likeness (QED) is 0.252. The largest absolute Gasteiger partial charge is 0.283 e. The Morgan fingerprint density at radius 2 is 2.11 bits per heavy atom. The van der Waals surface area contributed by atoms with Crippen LogP contribution in [-0.4, -0.2) is 9.55 Å². The van der Waals surface area contributed by atoms with E-state index in [4.69, 9.17) is 28.2 Å². The summed E-state index contributed by atoms with van der Waals surface area (Å²) in [5.41, 5.74) is 3.17. The highest BCUT2D eigenvalue weighted by Crippen LogP contribution is 2.35. The fourth-order valence-corrected chi connectivity index (χ4v) is 6.38. The Bertz CT molecular complexity index is 1130. The summed E-state index contributed by atoms with van der Waals surface area (Å²) in [6, 6.07) is 5.49. The summed E-state index contributed by atoms with van der Waals surface area (Å²) < 4.78 is 1.76. The normalized spacial score (nSPS) is 13.7. The van der Waals surface area contributed by atoms with Gasteiger partial charge < -0.3 is 0 Å².